The highest BCUT2D eigenvalue weighted by atomic mass is 28.3. The number of hydrogen-bond acceptors (Lipinski definition) is 7. The normalized spacial score (nSPS) is 26.9. The Labute approximate surface area is 286 Å². The summed E-state index contributed by atoms with van der Waals surface area (Å²) in [6, 6.07) is 6.99. The van der Waals surface area contributed by atoms with Gasteiger partial charge in [-0.3, -0.25) is 0 Å². The predicted octanol–water partition coefficient (Wildman–Crippen LogP) is 8.21. The number of imidazole rings is 1. The van der Waals surface area contributed by atoms with Crippen LogP contribution in [-0.2, 0) is 33.5 Å². The number of rotatable bonds is 12. The number of hydrogen-bond donors (Lipinski definition) is 1. The lowest BCUT2D eigenvalue weighted by atomic mass is 9.71. The summed E-state index contributed by atoms with van der Waals surface area (Å²) in [5.74, 6) is 2.16. The number of benzene rings is 1. The van der Waals surface area contributed by atoms with Crippen molar-refractivity contribution in [1.82, 2.24) is 24.1 Å². The predicted molar refractivity (Wildman–Crippen MR) is 186 cm³/mol. The van der Waals surface area contributed by atoms with Crippen LogP contribution in [0.25, 0.3) is 22.1 Å². The van der Waals surface area contributed by atoms with Crippen LogP contribution in [-0.4, -0.2) is 56.8 Å². The maximum atomic E-state index is 13.5. The van der Waals surface area contributed by atoms with E-state index in [9.17, 15) is 13.2 Å². The molecule has 3 aromatic heterocycles. The molecule has 1 aliphatic heterocycles. The molecule has 1 aromatic carbocycles. The van der Waals surface area contributed by atoms with Gasteiger partial charge in [0.05, 0.1) is 34.1 Å². The summed E-state index contributed by atoms with van der Waals surface area (Å²) in [4.78, 5) is 13.4. The van der Waals surface area contributed by atoms with Gasteiger partial charge in [-0.15, -0.1) is 0 Å². The number of nitrogen functional groups attached to an aromatic ring is 1. The first-order chi connectivity index (χ1) is 23.1. The third kappa shape index (κ3) is 7.27. The van der Waals surface area contributed by atoms with Crippen molar-refractivity contribution < 1.29 is 27.4 Å². The van der Waals surface area contributed by atoms with Gasteiger partial charge in [0, 0.05) is 27.3 Å². The van der Waals surface area contributed by atoms with Crippen LogP contribution in [0.15, 0.2) is 36.8 Å². The first kappa shape index (κ1) is 34.4. The van der Waals surface area contributed by atoms with Gasteiger partial charge in [0.15, 0.2) is 5.79 Å². The van der Waals surface area contributed by atoms with Crippen molar-refractivity contribution >= 4 is 36.0 Å². The zero-order valence-electron chi connectivity index (χ0n) is 29.2. The van der Waals surface area contributed by atoms with E-state index in [1.165, 1.54) is 12.4 Å². The van der Waals surface area contributed by atoms with Gasteiger partial charge in [-0.2, -0.15) is 13.2 Å². The molecule has 13 heteroatoms. The lowest BCUT2D eigenvalue weighted by Gasteiger charge is -2.35. The van der Waals surface area contributed by atoms with E-state index in [0.29, 0.717) is 47.9 Å². The van der Waals surface area contributed by atoms with Crippen molar-refractivity contribution in [1.29, 1.82) is 0 Å². The van der Waals surface area contributed by atoms with Gasteiger partial charge in [-0.1, -0.05) is 32.5 Å². The summed E-state index contributed by atoms with van der Waals surface area (Å²) in [5, 5.41) is 0.858. The van der Waals surface area contributed by atoms with E-state index in [-0.39, 0.29) is 18.2 Å². The summed E-state index contributed by atoms with van der Waals surface area (Å²) in [6.45, 7) is 11.8. The standard InChI is InChI=1S/C36H49F3N6O3Si/c1-35(2)47-31-24(18-29(32(31)48-35)44-12-11-26-33(40)41-20-42-34(26)44)8-6-7-22-15-23(16-22)17-30-43-27-19-25(36(37,38)39)9-10-28(27)45(30)21-46-13-14-49(3,4)5/h9-12,19-20,22-24,29,31-32H,6-8,13-18,21H2,1-5H3,(H2,40,41,42)/t22?,23?,24-,29+,31+,32?/m0/s1. The smallest absolute Gasteiger partial charge is 0.383 e. The van der Waals surface area contributed by atoms with Crippen molar-refractivity contribution in [3.63, 3.8) is 0 Å². The number of halogens is 3. The molecule has 266 valence electrons. The maximum absolute atomic E-state index is 13.5. The molecule has 2 aliphatic carbocycles. The van der Waals surface area contributed by atoms with Gasteiger partial charge in [-0.05, 0) is 87.6 Å². The average Bonchev–Trinajstić information content (AvgIpc) is 3.73. The first-order valence-corrected chi connectivity index (χ1v) is 21.4. The molecule has 7 rings (SSSR count). The summed E-state index contributed by atoms with van der Waals surface area (Å²) in [7, 11) is -1.26. The number of alkyl halides is 3. The third-order valence-electron chi connectivity index (χ3n) is 10.8. The van der Waals surface area contributed by atoms with Crippen LogP contribution in [0.4, 0.5) is 19.0 Å². The molecule has 0 radical (unpaired) electrons. The fraction of sp³-hybridized carbons (Fsp3) is 0.639. The second-order valence-electron chi connectivity index (χ2n) is 16.2. The minimum Gasteiger partial charge on any atom is -0.383 e. The van der Waals surface area contributed by atoms with Crippen LogP contribution in [0.2, 0.25) is 25.7 Å². The molecule has 0 spiro atoms. The number of nitrogens with two attached hydrogens (primary N) is 1. The molecule has 9 nitrogen and oxygen atoms in total. The van der Waals surface area contributed by atoms with Crippen LogP contribution in [0.1, 0.15) is 69.8 Å². The molecule has 1 saturated heterocycles. The van der Waals surface area contributed by atoms with Crippen molar-refractivity contribution in [2.24, 2.45) is 17.8 Å². The second-order valence-corrected chi connectivity index (χ2v) is 21.8. The Kier molecular flexibility index (Phi) is 9.11. The molecule has 3 fully saturated rings. The van der Waals surface area contributed by atoms with Crippen LogP contribution < -0.4 is 5.73 Å². The molecule has 4 heterocycles. The molecule has 0 amide bonds. The van der Waals surface area contributed by atoms with Crippen molar-refractivity contribution in [3.05, 3.63) is 48.2 Å². The summed E-state index contributed by atoms with van der Waals surface area (Å²) >= 11 is 0. The summed E-state index contributed by atoms with van der Waals surface area (Å²) in [5.41, 5.74) is 7.37. The van der Waals surface area contributed by atoms with Gasteiger partial charge in [0.25, 0.3) is 0 Å². The van der Waals surface area contributed by atoms with E-state index in [0.717, 1.165) is 73.9 Å². The minimum absolute atomic E-state index is 0.0320. The van der Waals surface area contributed by atoms with Gasteiger partial charge in [0.1, 0.15) is 36.5 Å². The number of fused-ring (bicyclic) bond motifs is 3. The highest BCUT2D eigenvalue weighted by Crippen LogP contribution is 2.50. The van der Waals surface area contributed by atoms with Crippen molar-refractivity contribution in [2.45, 2.75) is 121 Å². The van der Waals surface area contributed by atoms with Gasteiger partial charge < -0.3 is 29.1 Å². The highest BCUT2D eigenvalue weighted by Gasteiger charge is 2.54. The number of nitrogens with zero attached hydrogens (tertiary/aromatic N) is 5. The molecule has 2 N–H and O–H groups in total. The van der Waals surface area contributed by atoms with Gasteiger partial charge in [0.2, 0.25) is 0 Å². The molecule has 2 saturated carbocycles. The average molecular weight is 699 g/mol. The van der Waals surface area contributed by atoms with E-state index in [2.05, 4.69) is 34.2 Å². The first-order valence-electron chi connectivity index (χ1n) is 17.7. The molecular weight excluding hydrogens is 650 g/mol. The van der Waals surface area contributed by atoms with Gasteiger partial charge in [-0.25, -0.2) is 15.0 Å². The lowest BCUT2D eigenvalue weighted by molar-refractivity contribution is -0.160. The van der Waals surface area contributed by atoms with Crippen molar-refractivity contribution in [2.75, 3.05) is 12.3 Å². The Morgan fingerprint density at radius 2 is 1.80 bits per heavy atom. The van der Waals surface area contributed by atoms with Crippen LogP contribution in [0.5, 0.6) is 0 Å². The zero-order valence-corrected chi connectivity index (χ0v) is 30.2. The summed E-state index contributed by atoms with van der Waals surface area (Å²) < 4.78 is 63.6. The molecule has 4 aromatic rings. The topological polar surface area (TPSA) is 102 Å². The molecular formula is C36H49F3N6O3Si. The molecule has 0 bridgehead atoms. The lowest BCUT2D eigenvalue weighted by Crippen LogP contribution is -2.28. The highest BCUT2D eigenvalue weighted by molar-refractivity contribution is 6.76. The second kappa shape index (κ2) is 13.0. The van der Waals surface area contributed by atoms with Crippen LogP contribution in [0.3, 0.4) is 0 Å². The maximum Gasteiger partial charge on any atom is 0.416 e. The fourth-order valence-corrected chi connectivity index (χ4v) is 9.02. The Morgan fingerprint density at radius 3 is 2.55 bits per heavy atom. The zero-order chi connectivity index (χ0) is 34.7. The third-order valence-corrected chi connectivity index (χ3v) is 12.5. The fourth-order valence-electron chi connectivity index (χ4n) is 8.26. The van der Waals surface area contributed by atoms with Crippen LogP contribution >= 0.6 is 0 Å². The number of ether oxygens (including phenoxy) is 3. The molecule has 1 unspecified atom stereocenters. The van der Waals surface area contributed by atoms with E-state index in [1.807, 2.05) is 30.7 Å². The molecule has 4 atom stereocenters. The summed E-state index contributed by atoms with van der Waals surface area (Å²) in [6.07, 6.45) is 6.40. The number of anilines is 1. The van der Waals surface area contributed by atoms with Crippen LogP contribution in [0, 0.1) is 17.8 Å². The SMILES string of the molecule is CC1(C)OC2[C@H](n3ccc4c(N)ncnc43)C[C@H](CCCC3CC(Cc4nc5cc(C(F)(F)F)ccc5n4COCC[Si](C)(C)C)C3)[C@H]2O1. The quantitative estimate of drug-likeness (QED) is 0.118. The Bertz CT molecular complexity index is 1790. The largest absolute Gasteiger partial charge is 0.416 e. The van der Waals surface area contributed by atoms with E-state index in [1.54, 1.807) is 6.07 Å². The molecule has 49 heavy (non-hydrogen) atoms. The van der Waals surface area contributed by atoms with E-state index >= 15 is 0 Å². The number of aromatic nitrogens is 5. The molecule has 3 aliphatic rings. The Balaban J connectivity index is 0.960. The Morgan fingerprint density at radius 1 is 1.02 bits per heavy atom. The van der Waals surface area contributed by atoms with E-state index in [4.69, 9.17) is 24.9 Å². The minimum atomic E-state index is -4.40. The monoisotopic (exact) mass is 698 g/mol. The van der Waals surface area contributed by atoms with Crippen molar-refractivity contribution in [3.8, 4) is 0 Å². The van der Waals surface area contributed by atoms with E-state index < -0.39 is 25.6 Å². The Hall–Kier alpha value is -3.00. The van der Waals surface area contributed by atoms with Gasteiger partial charge >= 0.3 is 6.18 Å².